The molecule has 0 radical (unpaired) electrons. The molecule has 0 bridgehead atoms. The van der Waals surface area contributed by atoms with Crippen LogP contribution in [0.1, 0.15) is 26.3 Å². The number of hydrogen-bond acceptors (Lipinski definition) is 4. The fourth-order valence-electron chi connectivity index (χ4n) is 1.99. The molecule has 1 N–H and O–H groups in total. The Bertz CT molecular complexity index is 479. The van der Waals surface area contributed by atoms with Gasteiger partial charge in [-0.15, -0.1) is 11.8 Å². The average Bonchev–Trinajstić information content (AvgIpc) is 3.04. The summed E-state index contributed by atoms with van der Waals surface area (Å²) in [5.41, 5.74) is 0.450. The lowest BCUT2D eigenvalue weighted by atomic mass is 9.94. The third-order valence-electron chi connectivity index (χ3n) is 3.13. The second-order valence-electron chi connectivity index (χ2n) is 5.89. The molecule has 6 heteroatoms. The van der Waals surface area contributed by atoms with Gasteiger partial charge in [0, 0.05) is 23.3 Å². The Hall–Kier alpha value is -1.43. The molecule has 20 heavy (non-hydrogen) atoms. The predicted molar refractivity (Wildman–Crippen MR) is 78.0 cm³/mol. The van der Waals surface area contributed by atoms with Gasteiger partial charge in [-0.05, 0) is 6.07 Å². The minimum atomic E-state index is -0.464. The van der Waals surface area contributed by atoms with E-state index in [2.05, 4.69) is 5.32 Å². The number of hydrogen-bond donors (Lipinski definition) is 1. The molecule has 1 aliphatic rings. The Kier molecular flexibility index (Phi) is 4.42. The quantitative estimate of drug-likeness (QED) is 0.924. The molecule has 1 saturated heterocycles. The topological polar surface area (TPSA) is 62.6 Å². The summed E-state index contributed by atoms with van der Waals surface area (Å²) in [5.74, 6) is 1.15. The lowest BCUT2D eigenvalue weighted by Gasteiger charge is -2.29. The number of amides is 2. The number of carbonyl (C=O) groups excluding carboxylic acids is 2. The average molecular weight is 296 g/mol. The van der Waals surface area contributed by atoms with E-state index in [4.69, 9.17) is 4.42 Å². The Balaban J connectivity index is 1.96. The first-order valence-electron chi connectivity index (χ1n) is 6.57. The molecular weight excluding hydrogens is 276 g/mol. The van der Waals surface area contributed by atoms with Crippen LogP contribution in [-0.2, 0) is 16.1 Å². The van der Waals surface area contributed by atoms with Gasteiger partial charge in [0.15, 0.2) is 0 Å². The van der Waals surface area contributed by atoms with E-state index >= 15 is 0 Å². The standard InChI is InChI=1S/C14H20N2O3S/c1-14(2,3)13(18)16-9-20-8-11(16)12(17)15-6-10-4-5-19-7-10/h4-5,7,11H,6,8-9H2,1-3H3,(H,15,17)/t11-/m1/s1. The van der Waals surface area contributed by atoms with E-state index in [9.17, 15) is 9.59 Å². The highest BCUT2D eigenvalue weighted by atomic mass is 32.2. The van der Waals surface area contributed by atoms with Crippen LogP contribution in [0.5, 0.6) is 0 Å². The number of rotatable bonds is 3. The second kappa shape index (κ2) is 5.91. The molecule has 1 aromatic rings. The monoisotopic (exact) mass is 296 g/mol. The van der Waals surface area contributed by atoms with Gasteiger partial charge in [-0.3, -0.25) is 9.59 Å². The molecule has 5 nitrogen and oxygen atoms in total. The Morgan fingerprint density at radius 3 is 2.85 bits per heavy atom. The van der Waals surface area contributed by atoms with E-state index in [1.807, 2.05) is 26.8 Å². The van der Waals surface area contributed by atoms with Crippen molar-refractivity contribution in [2.24, 2.45) is 5.41 Å². The highest BCUT2D eigenvalue weighted by Gasteiger charge is 2.38. The molecule has 2 amide bonds. The van der Waals surface area contributed by atoms with Crippen molar-refractivity contribution >= 4 is 23.6 Å². The van der Waals surface area contributed by atoms with Gasteiger partial charge in [0.25, 0.3) is 0 Å². The normalized spacial score (nSPS) is 19.1. The first-order valence-corrected chi connectivity index (χ1v) is 7.72. The number of furan rings is 1. The number of nitrogens with one attached hydrogen (secondary N) is 1. The van der Waals surface area contributed by atoms with Crippen molar-refractivity contribution in [3.8, 4) is 0 Å². The van der Waals surface area contributed by atoms with E-state index in [-0.39, 0.29) is 17.9 Å². The van der Waals surface area contributed by atoms with Crippen LogP contribution >= 0.6 is 11.8 Å². The van der Waals surface area contributed by atoms with Crippen molar-refractivity contribution in [2.45, 2.75) is 33.4 Å². The van der Waals surface area contributed by atoms with Crippen molar-refractivity contribution in [3.05, 3.63) is 24.2 Å². The van der Waals surface area contributed by atoms with E-state index in [1.54, 1.807) is 29.2 Å². The molecule has 0 aliphatic carbocycles. The summed E-state index contributed by atoms with van der Waals surface area (Å²) >= 11 is 1.61. The first kappa shape index (κ1) is 15.0. The summed E-state index contributed by atoms with van der Waals surface area (Å²) in [6.45, 7) is 6.05. The molecule has 110 valence electrons. The maximum absolute atomic E-state index is 12.3. The van der Waals surface area contributed by atoms with Crippen molar-refractivity contribution in [1.82, 2.24) is 10.2 Å². The van der Waals surface area contributed by atoms with Crippen molar-refractivity contribution in [2.75, 3.05) is 11.6 Å². The van der Waals surface area contributed by atoms with Crippen LogP contribution in [0.2, 0.25) is 0 Å². The molecule has 2 rings (SSSR count). The Morgan fingerprint density at radius 2 is 2.25 bits per heavy atom. The van der Waals surface area contributed by atoms with Crippen LogP contribution in [0.3, 0.4) is 0 Å². The van der Waals surface area contributed by atoms with Gasteiger partial charge in [0.05, 0.1) is 18.4 Å². The van der Waals surface area contributed by atoms with Crippen LogP contribution in [0.15, 0.2) is 23.0 Å². The summed E-state index contributed by atoms with van der Waals surface area (Å²) in [7, 11) is 0. The third-order valence-corrected chi connectivity index (χ3v) is 4.15. The van der Waals surface area contributed by atoms with Gasteiger partial charge in [0.1, 0.15) is 6.04 Å². The van der Waals surface area contributed by atoms with Crippen LogP contribution < -0.4 is 5.32 Å². The van der Waals surface area contributed by atoms with Crippen LogP contribution in [0, 0.1) is 5.41 Å². The van der Waals surface area contributed by atoms with E-state index in [0.717, 1.165) is 5.56 Å². The van der Waals surface area contributed by atoms with Gasteiger partial charge in [-0.25, -0.2) is 0 Å². The van der Waals surface area contributed by atoms with Gasteiger partial charge >= 0.3 is 0 Å². The molecule has 0 aromatic carbocycles. The van der Waals surface area contributed by atoms with E-state index in [1.165, 1.54) is 0 Å². The fourth-order valence-corrected chi connectivity index (χ4v) is 3.14. The first-order chi connectivity index (χ1) is 9.39. The summed E-state index contributed by atoms with van der Waals surface area (Å²) < 4.78 is 4.96. The molecule has 0 spiro atoms. The van der Waals surface area contributed by atoms with Crippen LogP contribution in [-0.4, -0.2) is 34.4 Å². The molecule has 0 saturated carbocycles. The Morgan fingerprint density at radius 1 is 1.50 bits per heavy atom. The van der Waals surface area contributed by atoms with Crippen LogP contribution in [0.4, 0.5) is 0 Å². The number of carbonyl (C=O) groups is 2. The zero-order valence-corrected chi connectivity index (χ0v) is 12.8. The van der Waals surface area contributed by atoms with Gasteiger partial charge in [0.2, 0.25) is 11.8 Å². The molecule has 0 unspecified atom stereocenters. The molecule has 1 aliphatic heterocycles. The van der Waals surface area contributed by atoms with Gasteiger partial charge in [-0.1, -0.05) is 20.8 Å². The van der Waals surface area contributed by atoms with Gasteiger partial charge in [-0.2, -0.15) is 0 Å². The smallest absolute Gasteiger partial charge is 0.243 e. The number of thioether (sulfide) groups is 1. The van der Waals surface area contributed by atoms with Gasteiger partial charge < -0.3 is 14.6 Å². The van der Waals surface area contributed by atoms with E-state index < -0.39 is 5.41 Å². The minimum absolute atomic E-state index is 0.0194. The van der Waals surface area contributed by atoms with Crippen LogP contribution in [0.25, 0.3) is 0 Å². The maximum Gasteiger partial charge on any atom is 0.243 e. The van der Waals surface area contributed by atoms with Crippen molar-refractivity contribution < 1.29 is 14.0 Å². The predicted octanol–water partition coefficient (Wildman–Crippen LogP) is 1.84. The van der Waals surface area contributed by atoms with E-state index in [0.29, 0.717) is 18.2 Å². The molecule has 1 fully saturated rings. The Labute approximate surface area is 123 Å². The zero-order chi connectivity index (χ0) is 14.8. The molecule has 2 heterocycles. The molecule has 1 atom stereocenters. The third kappa shape index (κ3) is 3.36. The largest absolute Gasteiger partial charge is 0.472 e. The summed E-state index contributed by atoms with van der Waals surface area (Å²) in [5, 5.41) is 2.86. The zero-order valence-electron chi connectivity index (χ0n) is 12.0. The lowest BCUT2D eigenvalue weighted by molar-refractivity contribution is -0.144. The highest BCUT2D eigenvalue weighted by Crippen LogP contribution is 2.27. The number of nitrogens with zero attached hydrogens (tertiary/aromatic N) is 1. The van der Waals surface area contributed by atoms with Crippen molar-refractivity contribution in [3.63, 3.8) is 0 Å². The second-order valence-corrected chi connectivity index (χ2v) is 6.89. The fraction of sp³-hybridized carbons (Fsp3) is 0.571. The SMILES string of the molecule is CC(C)(C)C(=O)N1CSC[C@@H]1C(=O)NCc1ccoc1. The summed E-state index contributed by atoms with van der Waals surface area (Å²) in [6.07, 6.45) is 3.17. The van der Waals surface area contributed by atoms with Crippen molar-refractivity contribution in [1.29, 1.82) is 0 Å². The molecule has 1 aromatic heterocycles. The lowest BCUT2D eigenvalue weighted by Crippen LogP contribution is -2.50. The maximum atomic E-state index is 12.3. The summed E-state index contributed by atoms with van der Waals surface area (Å²) in [6, 6.07) is 1.43. The summed E-state index contributed by atoms with van der Waals surface area (Å²) in [4.78, 5) is 26.2. The minimum Gasteiger partial charge on any atom is -0.472 e. The molecular formula is C14H20N2O3S. The highest BCUT2D eigenvalue weighted by molar-refractivity contribution is 7.99.